The minimum atomic E-state index is -0.108. The average molecular weight is 268 g/mol. The highest BCUT2D eigenvalue weighted by Gasteiger charge is 2.11. The monoisotopic (exact) mass is 268 g/mol. The Balaban J connectivity index is 2.30. The van der Waals surface area contributed by atoms with Gasteiger partial charge >= 0.3 is 0 Å². The molecule has 0 atom stereocenters. The SMILES string of the molecule is Cc1cc(C)c(NC(=O)c2ccc(N)c(C)c2)c(C)c1. The third-order valence-corrected chi connectivity index (χ3v) is 3.45. The first kappa shape index (κ1) is 14.1. The van der Waals surface area contributed by atoms with Gasteiger partial charge in [0.15, 0.2) is 0 Å². The summed E-state index contributed by atoms with van der Waals surface area (Å²) in [4.78, 5) is 12.3. The van der Waals surface area contributed by atoms with E-state index >= 15 is 0 Å². The highest BCUT2D eigenvalue weighted by Crippen LogP contribution is 2.23. The van der Waals surface area contributed by atoms with Crippen molar-refractivity contribution in [2.45, 2.75) is 27.7 Å². The second-order valence-electron chi connectivity index (χ2n) is 5.30. The fourth-order valence-electron chi connectivity index (χ4n) is 2.38. The number of carbonyl (C=O) groups excluding carboxylic acids is 1. The Labute approximate surface area is 119 Å². The Morgan fingerprint density at radius 3 is 2.10 bits per heavy atom. The zero-order chi connectivity index (χ0) is 14.9. The first-order chi connectivity index (χ1) is 9.38. The number of hydrogen-bond acceptors (Lipinski definition) is 2. The van der Waals surface area contributed by atoms with Crippen LogP contribution < -0.4 is 11.1 Å². The molecule has 20 heavy (non-hydrogen) atoms. The van der Waals surface area contributed by atoms with Crippen molar-refractivity contribution in [3.05, 3.63) is 58.1 Å². The van der Waals surface area contributed by atoms with Gasteiger partial charge in [-0.05, 0) is 62.6 Å². The molecule has 2 rings (SSSR count). The fraction of sp³-hybridized carbons (Fsp3) is 0.235. The van der Waals surface area contributed by atoms with Gasteiger partial charge in [-0.25, -0.2) is 0 Å². The first-order valence-corrected chi connectivity index (χ1v) is 6.64. The van der Waals surface area contributed by atoms with Crippen LogP contribution in [-0.2, 0) is 0 Å². The van der Waals surface area contributed by atoms with Crippen molar-refractivity contribution in [3.63, 3.8) is 0 Å². The minimum absolute atomic E-state index is 0.108. The molecule has 0 saturated carbocycles. The zero-order valence-corrected chi connectivity index (χ0v) is 12.4. The second-order valence-corrected chi connectivity index (χ2v) is 5.30. The van der Waals surface area contributed by atoms with Crippen molar-refractivity contribution in [1.29, 1.82) is 0 Å². The Bertz CT molecular complexity index is 652. The largest absolute Gasteiger partial charge is 0.399 e. The normalized spacial score (nSPS) is 10.4. The van der Waals surface area contributed by atoms with Crippen molar-refractivity contribution in [2.24, 2.45) is 0 Å². The third-order valence-electron chi connectivity index (χ3n) is 3.45. The molecule has 3 heteroatoms. The first-order valence-electron chi connectivity index (χ1n) is 6.64. The van der Waals surface area contributed by atoms with Crippen LogP contribution in [0.2, 0.25) is 0 Å². The topological polar surface area (TPSA) is 55.1 Å². The number of hydrogen-bond donors (Lipinski definition) is 2. The van der Waals surface area contributed by atoms with Crippen LogP contribution in [0.4, 0.5) is 11.4 Å². The molecule has 0 spiro atoms. The maximum absolute atomic E-state index is 12.3. The lowest BCUT2D eigenvalue weighted by molar-refractivity contribution is 0.102. The van der Waals surface area contributed by atoms with Crippen LogP contribution in [0.5, 0.6) is 0 Å². The number of aryl methyl sites for hydroxylation is 4. The van der Waals surface area contributed by atoms with E-state index in [1.807, 2.05) is 26.8 Å². The molecule has 0 saturated heterocycles. The fourth-order valence-corrected chi connectivity index (χ4v) is 2.38. The molecule has 104 valence electrons. The zero-order valence-electron chi connectivity index (χ0n) is 12.4. The molecule has 2 aromatic carbocycles. The van der Waals surface area contributed by atoms with E-state index in [4.69, 9.17) is 5.73 Å². The van der Waals surface area contributed by atoms with Crippen LogP contribution >= 0.6 is 0 Å². The number of amides is 1. The van der Waals surface area contributed by atoms with Gasteiger partial charge < -0.3 is 11.1 Å². The molecule has 0 radical (unpaired) electrons. The lowest BCUT2D eigenvalue weighted by Gasteiger charge is -2.13. The molecule has 0 unspecified atom stereocenters. The molecule has 0 fully saturated rings. The van der Waals surface area contributed by atoms with Crippen molar-refractivity contribution in [2.75, 3.05) is 11.1 Å². The molecular formula is C17H20N2O. The lowest BCUT2D eigenvalue weighted by Crippen LogP contribution is -2.14. The van der Waals surface area contributed by atoms with Crippen LogP contribution in [-0.4, -0.2) is 5.91 Å². The van der Waals surface area contributed by atoms with Crippen LogP contribution in [0, 0.1) is 27.7 Å². The van der Waals surface area contributed by atoms with Crippen LogP contribution in [0.3, 0.4) is 0 Å². The van der Waals surface area contributed by atoms with Crippen LogP contribution in [0.25, 0.3) is 0 Å². The molecule has 0 bridgehead atoms. The minimum Gasteiger partial charge on any atom is -0.399 e. The third kappa shape index (κ3) is 2.82. The van der Waals surface area contributed by atoms with Gasteiger partial charge in [-0.1, -0.05) is 17.7 Å². The average Bonchev–Trinajstić information content (AvgIpc) is 2.36. The second kappa shape index (κ2) is 5.37. The summed E-state index contributed by atoms with van der Waals surface area (Å²) in [5, 5.41) is 2.99. The summed E-state index contributed by atoms with van der Waals surface area (Å²) in [7, 11) is 0. The predicted octanol–water partition coefficient (Wildman–Crippen LogP) is 3.75. The van der Waals surface area contributed by atoms with Crippen molar-refractivity contribution in [3.8, 4) is 0 Å². The quantitative estimate of drug-likeness (QED) is 0.815. The van der Waals surface area contributed by atoms with Gasteiger partial charge in [0.2, 0.25) is 0 Å². The van der Waals surface area contributed by atoms with E-state index in [0.717, 1.165) is 22.4 Å². The van der Waals surface area contributed by atoms with Crippen LogP contribution in [0.15, 0.2) is 30.3 Å². The molecule has 0 aromatic heterocycles. The Hall–Kier alpha value is -2.29. The Morgan fingerprint density at radius 1 is 0.950 bits per heavy atom. The summed E-state index contributed by atoms with van der Waals surface area (Å²) in [6.45, 7) is 7.96. The molecule has 0 aliphatic carbocycles. The van der Waals surface area contributed by atoms with Gasteiger partial charge in [0.25, 0.3) is 5.91 Å². The van der Waals surface area contributed by atoms with Crippen molar-refractivity contribution >= 4 is 17.3 Å². The molecule has 0 heterocycles. The predicted molar refractivity (Wildman–Crippen MR) is 84.2 cm³/mol. The van der Waals surface area contributed by atoms with Gasteiger partial charge in [-0.3, -0.25) is 4.79 Å². The summed E-state index contributed by atoms with van der Waals surface area (Å²) >= 11 is 0. The molecule has 0 aliphatic heterocycles. The van der Waals surface area contributed by atoms with E-state index in [1.54, 1.807) is 12.1 Å². The maximum atomic E-state index is 12.3. The summed E-state index contributed by atoms with van der Waals surface area (Å²) in [6, 6.07) is 9.45. The maximum Gasteiger partial charge on any atom is 0.255 e. The smallest absolute Gasteiger partial charge is 0.255 e. The number of nitrogens with two attached hydrogens (primary N) is 1. The van der Waals surface area contributed by atoms with E-state index in [9.17, 15) is 4.79 Å². The standard InChI is InChI=1S/C17H20N2O/c1-10-7-12(3)16(13(4)8-10)19-17(20)14-5-6-15(18)11(2)9-14/h5-9H,18H2,1-4H3,(H,19,20). The van der Waals surface area contributed by atoms with Gasteiger partial charge in [-0.2, -0.15) is 0 Å². The van der Waals surface area contributed by atoms with E-state index in [2.05, 4.69) is 24.4 Å². The molecule has 1 amide bonds. The highest BCUT2D eigenvalue weighted by atomic mass is 16.1. The molecule has 2 aromatic rings. The van der Waals surface area contributed by atoms with Gasteiger partial charge in [0.05, 0.1) is 0 Å². The lowest BCUT2D eigenvalue weighted by atomic mass is 10.0. The van der Waals surface area contributed by atoms with E-state index in [-0.39, 0.29) is 5.91 Å². The van der Waals surface area contributed by atoms with Crippen LogP contribution in [0.1, 0.15) is 32.6 Å². The van der Waals surface area contributed by atoms with Crippen molar-refractivity contribution in [1.82, 2.24) is 0 Å². The number of anilines is 2. The summed E-state index contributed by atoms with van der Waals surface area (Å²) in [6.07, 6.45) is 0. The van der Waals surface area contributed by atoms with Crippen molar-refractivity contribution < 1.29 is 4.79 Å². The van der Waals surface area contributed by atoms with E-state index in [0.29, 0.717) is 11.3 Å². The highest BCUT2D eigenvalue weighted by molar-refractivity contribution is 6.05. The van der Waals surface area contributed by atoms with E-state index in [1.165, 1.54) is 5.56 Å². The number of nitrogens with one attached hydrogen (secondary N) is 1. The van der Waals surface area contributed by atoms with Gasteiger partial charge in [0, 0.05) is 16.9 Å². The number of benzene rings is 2. The summed E-state index contributed by atoms with van der Waals surface area (Å²) in [5.74, 6) is -0.108. The molecule has 0 aliphatic rings. The Kier molecular flexibility index (Phi) is 3.79. The van der Waals surface area contributed by atoms with Gasteiger partial charge in [-0.15, -0.1) is 0 Å². The molecular weight excluding hydrogens is 248 g/mol. The summed E-state index contributed by atoms with van der Waals surface area (Å²) in [5.41, 5.74) is 12.2. The number of rotatable bonds is 2. The molecule has 3 N–H and O–H groups in total. The molecule has 3 nitrogen and oxygen atoms in total. The summed E-state index contributed by atoms with van der Waals surface area (Å²) < 4.78 is 0. The Morgan fingerprint density at radius 2 is 1.55 bits per heavy atom. The number of carbonyl (C=O) groups is 1. The van der Waals surface area contributed by atoms with E-state index < -0.39 is 0 Å². The number of nitrogen functional groups attached to an aromatic ring is 1. The van der Waals surface area contributed by atoms with Gasteiger partial charge in [0.1, 0.15) is 0 Å².